The van der Waals surface area contributed by atoms with Crippen molar-refractivity contribution in [3.05, 3.63) is 77.7 Å². The van der Waals surface area contributed by atoms with Crippen LogP contribution in [0.2, 0.25) is 0 Å². The first kappa shape index (κ1) is 25.1. The van der Waals surface area contributed by atoms with E-state index in [1.165, 1.54) is 63.4 Å². The van der Waals surface area contributed by atoms with Gasteiger partial charge < -0.3 is 0 Å². The fraction of sp³-hybridized carbons (Fsp3) is 0.452. The molecule has 0 bridgehead atoms. The second-order valence-electron chi connectivity index (χ2n) is 9.27. The third-order valence-electron chi connectivity index (χ3n) is 6.50. The quantitative estimate of drug-likeness (QED) is 0.225. The van der Waals surface area contributed by atoms with Gasteiger partial charge in [-0.3, -0.25) is 4.98 Å². The van der Waals surface area contributed by atoms with Crippen LogP contribution in [-0.2, 0) is 12.8 Å². The highest BCUT2D eigenvalue weighted by Gasteiger charge is 2.09. The molecule has 0 N–H and O–H groups in total. The fourth-order valence-corrected chi connectivity index (χ4v) is 4.38. The molecule has 0 saturated heterocycles. The minimum absolute atomic E-state index is 0.176. The molecule has 0 saturated carbocycles. The van der Waals surface area contributed by atoms with Crippen LogP contribution in [0.1, 0.15) is 89.2 Å². The first-order chi connectivity index (χ1) is 16.2. The normalized spacial score (nSPS) is 11.1. The van der Waals surface area contributed by atoms with E-state index in [-0.39, 0.29) is 5.82 Å². The lowest BCUT2D eigenvalue weighted by molar-refractivity contribution is 0.617. The molecule has 0 unspecified atom stereocenters. The van der Waals surface area contributed by atoms with Gasteiger partial charge in [-0.1, -0.05) is 102 Å². The molecule has 3 rings (SSSR count). The number of rotatable bonds is 14. The van der Waals surface area contributed by atoms with Crippen LogP contribution in [0.5, 0.6) is 0 Å². The molecular formula is C31H40FN. The summed E-state index contributed by atoms with van der Waals surface area (Å²) >= 11 is 0. The van der Waals surface area contributed by atoms with Gasteiger partial charge in [0.15, 0.2) is 0 Å². The van der Waals surface area contributed by atoms with E-state index in [0.717, 1.165) is 36.0 Å². The molecule has 2 heteroatoms. The van der Waals surface area contributed by atoms with Gasteiger partial charge in [-0.05, 0) is 60.6 Å². The molecular weight excluding hydrogens is 405 g/mol. The molecule has 3 aromatic rings. The van der Waals surface area contributed by atoms with E-state index < -0.39 is 0 Å². The van der Waals surface area contributed by atoms with Crippen LogP contribution in [0.25, 0.3) is 22.4 Å². The van der Waals surface area contributed by atoms with Crippen molar-refractivity contribution in [2.24, 2.45) is 0 Å². The maximum Gasteiger partial charge on any atom is 0.132 e. The standard InChI is InChI=1S/C31H40FN/c1-3-5-7-9-11-13-25-15-18-27(19-16-25)28-20-22-31(33-24-28)29-21-17-26(23-30(29)32)14-12-10-8-6-4-2/h15-24H,3-14H2,1-2H3. The summed E-state index contributed by atoms with van der Waals surface area (Å²) < 4.78 is 14.8. The van der Waals surface area contributed by atoms with Crippen LogP contribution >= 0.6 is 0 Å². The molecule has 176 valence electrons. The highest BCUT2D eigenvalue weighted by molar-refractivity contribution is 5.67. The fourth-order valence-electron chi connectivity index (χ4n) is 4.38. The lowest BCUT2D eigenvalue weighted by atomic mass is 10.0. The van der Waals surface area contributed by atoms with Gasteiger partial charge in [0.1, 0.15) is 5.82 Å². The Balaban J connectivity index is 1.56. The Morgan fingerprint density at radius 1 is 0.606 bits per heavy atom. The van der Waals surface area contributed by atoms with Crippen molar-refractivity contribution in [1.29, 1.82) is 0 Å². The second-order valence-corrected chi connectivity index (χ2v) is 9.27. The van der Waals surface area contributed by atoms with E-state index in [0.29, 0.717) is 11.3 Å². The number of hydrogen-bond acceptors (Lipinski definition) is 1. The Bertz CT molecular complexity index is 944. The molecule has 0 fully saturated rings. The lowest BCUT2D eigenvalue weighted by Gasteiger charge is -2.08. The summed E-state index contributed by atoms with van der Waals surface area (Å²) in [7, 11) is 0. The van der Waals surface area contributed by atoms with Crippen molar-refractivity contribution < 1.29 is 4.39 Å². The lowest BCUT2D eigenvalue weighted by Crippen LogP contribution is -1.93. The van der Waals surface area contributed by atoms with Crippen molar-refractivity contribution in [3.63, 3.8) is 0 Å². The zero-order valence-electron chi connectivity index (χ0n) is 20.6. The molecule has 0 aliphatic heterocycles. The molecule has 0 aliphatic rings. The number of benzene rings is 2. The van der Waals surface area contributed by atoms with Crippen LogP contribution < -0.4 is 0 Å². The Morgan fingerprint density at radius 2 is 1.18 bits per heavy atom. The Morgan fingerprint density at radius 3 is 1.76 bits per heavy atom. The second kappa shape index (κ2) is 13.9. The summed E-state index contributed by atoms with van der Waals surface area (Å²) in [6.45, 7) is 4.48. The number of nitrogens with zero attached hydrogens (tertiary/aromatic N) is 1. The van der Waals surface area contributed by atoms with E-state index >= 15 is 0 Å². The minimum Gasteiger partial charge on any atom is -0.256 e. The molecule has 0 spiro atoms. The summed E-state index contributed by atoms with van der Waals surface area (Å²) in [6, 6.07) is 18.4. The molecule has 1 nitrogen and oxygen atoms in total. The summed E-state index contributed by atoms with van der Waals surface area (Å²) in [5.74, 6) is -0.176. The summed E-state index contributed by atoms with van der Waals surface area (Å²) in [4.78, 5) is 4.57. The van der Waals surface area contributed by atoms with E-state index in [4.69, 9.17) is 0 Å². The van der Waals surface area contributed by atoms with Gasteiger partial charge in [-0.15, -0.1) is 0 Å². The molecule has 0 aliphatic carbocycles. The number of aryl methyl sites for hydroxylation is 2. The smallest absolute Gasteiger partial charge is 0.132 e. The van der Waals surface area contributed by atoms with Crippen LogP contribution in [0.3, 0.4) is 0 Å². The predicted octanol–water partition coefficient (Wildman–Crippen LogP) is 9.58. The van der Waals surface area contributed by atoms with Gasteiger partial charge in [0, 0.05) is 17.3 Å². The Hall–Kier alpha value is -2.48. The predicted molar refractivity (Wildman–Crippen MR) is 140 cm³/mol. The Labute approximate surface area is 200 Å². The van der Waals surface area contributed by atoms with Gasteiger partial charge >= 0.3 is 0 Å². The molecule has 0 atom stereocenters. The van der Waals surface area contributed by atoms with Gasteiger partial charge in [0.05, 0.1) is 5.69 Å². The average Bonchev–Trinajstić information content (AvgIpc) is 2.84. The monoisotopic (exact) mass is 445 g/mol. The molecule has 2 aromatic carbocycles. The van der Waals surface area contributed by atoms with Crippen LogP contribution in [0.15, 0.2) is 60.8 Å². The number of hydrogen-bond donors (Lipinski definition) is 0. The maximum absolute atomic E-state index is 14.8. The van der Waals surface area contributed by atoms with Gasteiger partial charge in [0.2, 0.25) is 0 Å². The van der Waals surface area contributed by atoms with Crippen LogP contribution in [0.4, 0.5) is 4.39 Å². The third kappa shape index (κ3) is 8.11. The van der Waals surface area contributed by atoms with E-state index in [1.54, 1.807) is 6.07 Å². The van der Waals surface area contributed by atoms with Gasteiger partial charge in [-0.2, -0.15) is 0 Å². The van der Waals surface area contributed by atoms with E-state index in [9.17, 15) is 4.39 Å². The van der Waals surface area contributed by atoms with Crippen LogP contribution in [-0.4, -0.2) is 4.98 Å². The van der Waals surface area contributed by atoms with Crippen molar-refractivity contribution >= 4 is 0 Å². The van der Waals surface area contributed by atoms with Gasteiger partial charge in [0.25, 0.3) is 0 Å². The minimum atomic E-state index is -0.176. The number of unbranched alkanes of at least 4 members (excludes halogenated alkanes) is 8. The van der Waals surface area contributed by atoms with E-state index in [1.807, 2.05) is 24.4 Å². The van der Waals surface area contributed by atoms with Gasteiger partial charge in [-0.25, -0.2) is 4.39 Å². The highest BCUT2D eigenvalue weighted by atomic mass is 19.1. The largest absolute Gasteiger partial charge is 0.256 e. The SMILES string of the molecule is CCCCCCCc1ccc(-c2ccc(-c3ccc(CCCCCCC)cc3F)nc2)cc1. The van der Waals surface area contributed by atoms with Crippen LogP contribution in [0, 0.1) is 5.82 Å². The van der Waals surface area contributed by atoms with Crippen molar-refractivity contribution in [2.45, 2.75) is 90.9 Å². The summed E-state index contributed by atoms with van der Waals surface area (Å²) in [5.41, 5.74) is 5.96. The van der Waals surface area contributed by atoms with E-state index in [2.05, 4.69) is 49.2 Å². The van der Waals surface area contributed by atoms with Crippen molar-refractivity contribution in [1.82, 2.24) is 4.98 Å². The molecule has 1 heterocycles. The first-order valence-electron chi connectivity index (χ1n) is 13.1. The molecule has 33 heavy (non-hydrogen) atoms. The van der Waals surface area contributed by atoms with Crippen molar-refractivity contribution in [2.75, 3.05) is 0 Å². The number of pyridine rings is 1. The number of aromatic nitrogens is 1. The first-order valence-corrected chi connectivity index (χ1v) is 13.1. The van der Waals surface area contributed by atoms with Crippen molar-refractivity contribution in [3.8, 4) is 22.4 Å². The third-order valence-corrected chi connectivity index (χ3v) is 6.50. The zero-order valence-corrected chi connectivity index (χ0v) is 20.6. The molecule has 1 aromatic heterocycles. The topological polar surface area (TPSA) is 12.9 Å². The Kier molecular flexibility index (Phi) is 10.6. The maximum atomic E-state index is 14.8. The number of halogens is 1. The molecule has 0 radical (unpaired) electrons. The average molecular weight is 446 g/mol. The molecule has 0 amide bonds. The summed E-state index contributed by atoms with van der Waals surface area (Å²) in [5, 5.41) is 0. The summed E-state index contributed by atoms with van der Waals surface area (Å²) in [6.07, 6.45) is 16.7. The zero-order chi connectivity index (χ0) is 23.3. The highest BCUT2D eigenvalue weighted by Crippen LogP contribution is 2.26.